The Morgan fingerprint density at radius 1 is 0.714 bits per heavy atom. The zero-order chi connectivity index (χ0) is 59.2. The van der Waals surface area contributed by atoms with Gasteiger partial charge in [0.05, 0.1) is 18.4 Å². The summed E-state index contributed by atoms with van der Waals surface area (Å²) >= 11 is 6.52. The topological polar surface area (TPSA) is 156 Å². The molecule has 14 heteroatoms. The SMILES string of the molecule is Cc1ccccc1NC(=O)/C=C/c1c(C)nn(C/C=C/c2ccccc2)c1C.Cc1ccccc1NC(=O)/C=C/c1cnn(CC2CCN(C)CC2)c1.Nc1ccccc1CC(=O)c1ccc(C=C2CCN(Cc3cccnc3)CC2)c(Cl)c1. The lowest BCUT2D eigenvalue weighted by Gasteiger charge is -2.28. The maximum Gasteiger partial charge on any atom is 0.248 e. The van der Waals surface area contributed by atoms with Crippen LogP contribution >= 0.6 is 11.6 Å². The molecule has 0 radical (unpaired) electrons. The Kier molecular flexibility index (Phi) is 22.7. The number of nitrogens with two attached hydrogens (primary N) is 1. The van der Waals surface area contributed by atoms with E-state index in [2.05, 4.69) is 79.1 Å². The van der Waals surface area contributed by atoms with Crippen molar-refractivity contribution in [1.82, 2.24) is 34.3 Å². The first-order chi connectivity index (χ1) is 40.7. The number of hydrogen-bond donors (Lipinski definition) is 3. The number of carbonyl (C=O) groups excluding carboxylic acids is 3. The Hall–Kier alpha value is -8.75. The van der Waals surface area contributed by atoms with Crippen LogP contribution in [-0.2, 0) is 35.6 Å². The molecule has 0 unspecified atom stereocenters. The summed E-state index contributed by atoms with van der Waals surface area (Å²) in [6.07, 6.45) is 25.4. The molecule has 0 saturated carbocycles. The minimum Gasteiger partial charge on any atom is -0.398 e. The molecule has 0 spiro atoms. The molecular formula is C70H77ClN10O3. The lowest BCUT2D eigenvalue weighted by Crippen LogP contribution is -2.31. The van der Waals surface area contributed by atoms with Gasteiger partial charge in [-0.3, -0.25) is 33.6 Å². The molecule has 0 aliphatic carbocycles. The number of amides is 2. The van der Waals surface area contributed by atoms with Crippen LogP contribution in [0.2, 0.25) is 5.02 Å². The van der Waals surface area contributed by atoms with E-state index in [1.165, 1.54) is 24.0 Å². The molecule has 2 aliphatic heterocycles. The monoisotopic (exact) mass is 1140 g/mol. The lowest BCUT2D eigenvalue weighted by atomic mass is 9.97. The number of para-hydroxylation sites is 3. The summed E-state index contributed by atoms with van der Waals surface area (Å²) in [6.45, 7) is 14.9. The number of pyridine rings is 1. The van der Waals surface area contributed by atoms with Crippen molar-refractivity contribution in [2.24, 2.45) is 5.92 Å². The highest BCUT2D eigenvalue weighted by Gasteiger charge is 2.19. The summed E-state index contributed by atoms with van der Waals surface area (Å²) < 4.78 is 3.95. The van der Waals surface area contributed by atoms with E-state index in [4.69, 9.17) is 17.3 Å². The predicted octanol–water partition coefficient (Wildman–Crippen LogP) is 13.8. The molecule has 0 bridgehead atoms. The van der Waals surface area contributed by atoms with E-state index in [9.17, 15) is 14.4 Å². The summed E-state index contributed by atoms with van der Waals surface area (Å²) in [7, 11) is 2.18. The van der Waals surface area contributed by atoms with Crippen LogP contribution < -0.4 is 16.4 Å². The van der Waals surface area contributed by atoms with Crippen molar-refractivity contribution in [2.45, 2.75) is 79.4 Å². The van der Waals surface area contributed by atoms with Gasteiger partial charge in [-0.15, -0.1) is 0 Å². The number of carbonyl (C=O) groups is 3. The van der Waals surface area contributed by atoms with E-state index in [1.807, 2.05) is 177 Å². The first-order valence-corrected chi connectivity index (χ1v) is 29.1. The maximum absolute atomic E-state index is 12.7. The zero-order valence-corrected chi connectivity index (χ0v) is 49.7. The van der Waals surface area contributed by atoms with Gasteiger partial charge in [-0.2, -0.15) is 10.2 Å². The zero-order valence-electron chi connectivity index (χ0n) is 48.9. The van der Waals surface area contributed by atoms with Crippen LogP contribution in [0.1, 0.15) is 91.9 Å². The van der Waals surface area contributed by atoms with Crippen molar-refractivity contribution in [2.75, 3.05) is 49.6 Å². The Labute approximate surface area is 500 Å². The third kappa shape index (κ3) is 18.9. The molecule has 3 aromatic heterocycles. The number of piperidine rings is 2. The second-order valence-electron chi connectivity index (χ2n) is 21.6. The van der Waals surface area contributed by atoms with Crippen LogP contribution in [-0.4, -0.2) is 85.2 Å². The fraction of sp³-hybridized carbons (Fsp3) is 0.257. The van der Waals surface area contributed by atoms with Crippen molar-refractivity contribution in [3.05, 3.63) is 249 Å². The highest BCUT2D eigenvalue weighted by Crippen LogP contribution is 2.27. The minimum atomic E-state index is -0.148. The number of benzene rings is 5. The van der Waals surface area contributed by atoms with E-state index in [-0.39, 0.29) is 24.0 Å². The Morgan fingerprint density at radius 2 is 1.37 bits per heavy atom. The van der Waals surface area contributed by atoms with Gasteiger partial charge in [0.2, 0.25) is 11.8 Å². The Morgan fingerprint density at radius 3 is 2.02 bits per heavy atom. The molecule has 2 saturated heterocycles. The average Bonchev–Trinajstić information content (AvgIpc) is 4.18. The van der Waals surface area contributed by atoms with E-state index in [0.717, 1.165) is 114 Å². The van der Waals surface area contributed by atoms with Crippen LogP contribution in [0.4, 0.5) is 17.1 Å². The van der Waals surface area contributed by atoms with Crippen LogP contribution in [0.5, 0.6) is 0 Å². The summed E-state index contributed by atoms with van der Waals surface area (Å²) in [5.41, 5.74) is 20.5. The number of allylic oxidation sites excluding steroid dienone is 1. The number of ketones is 1. The third-order valence-corrected chi connectivity index (χ3v) is 15.4. The molecule has 4 N–H and O–H groups in total. The quantitative estimate of drug-likeness (QED) is 0.0459. The number of hydrogen-bond acceptors (Lipinski definition) is 9. The smallest absolute Gasteiger partial charge is 0.248 e. The van der Waals surface area contributed by atoms with Crippen molar-refractivity contribution in [3.63, 3.8) is 0 Å². The summed E-state index contributed by atoms with van der Waals surface area (Å²) in [5.74, 6) is 0.433. The first-order valence-electron chi connectivity index (χ1n) is 28.8. The van der Waals surface area contributed by atoms with Crippen molar-refractivity contribution in [3.8, 4) is 0 Å². The third-order valence-electron chi connectivity index (χ3n) is 15.1. The molecule has 13 nitrogen and oxygen atoms in total. The highest BCUT2D eigenvalue weighted by atomic mass is 35.5. The second-order valence-corrected chi connectivity index (χ2v) is 22.0. The highest BCUT2D eigenvalue weighted by molar-refractivity contribution is 6.32. The molecule has 8 aromatic rings. The number of aromatic nitrogens is 5. The van der Waals surface area contributed by atoms with Crippen molar-refractivity contribution < 1.29 is 14.4 Å². The number of aryl methyl sites for hydroxylation is 3. The largest absolute Gasteiger partial charge is 0.398 e. The number of Topliss-reactive ketones (excluding diaryl/α,β-unsaturated/α-hetero) is 1. The molecule has 84 heavy (non-hydrogen) atoms. The number of halogens is 1. The van der Waals surface area contributed by atoms with Gasteiger partial charge in [0, 0.05) is 108 Å². The van der Waals surface area contributed by atoms with Gasteiger partial charge in [0.1, 0.15) is 0 Å². The number of likely N-dealkylation sites (tertiary alicyclic amines) is 2. The molecule has 2 amide bonds. The summed E-state index contributed by atoms with van der Waals surface area (Å²) in [6, 6.07) is 42.8. The average molecular weight is 1140 g/mol. The molecule has 0 atom stereocenters. The fourth-order valence-electron chi connectivity index (χ4n) is 10.1. The number of nitrogens with one attached hydrogen (secondary N) is 2. The fourth-order valence-corrected chi connectivity index (χ4v) is 10.3. The molecule has 5 aromatic carbocycles. The standard InChI is InChI=1S/C26H26ClN3O.C24H25N3O.C20H26N4O/c27-24-15-23(26(31)16-22-5-1-2-6-25(22)28)8-7-21(24)14-19-9-12-30(13-10-19)18-20-4-3-11-29-17-20;1-18-10-7-8-14-23(18)25-24(28)16-15-22-19(2)26-27(20(22)3)17-9-13-21-11-5-4-6-12-21;1-16-5-3-4-6-19(16)22-20(25)8-7-18-13-21-24(15-18)14-17-9-11-23(2)12-10-17/h1-8,11,14-15,17H,9-10,12-13,16,18,28H2;4-16H,17H2,1-3H3,(H,25,28);3-8,13,15,17H,9-12,14H2,1-2H3,(H,22,25)/b;13-9+,16-15+;8-7+. The normalized spacial score (nSPS) is 14.0. The van der Waals surface area contributed by atoms with E-state index >= 15 is 0 Å². The number of nitrogen functional groups attached to an aromatic ring is 1. The van der Waals surface area contributed by atoms with E-state index < -0.39 is 0 Å². The predicted molar refractivity (Wildman–Crippen MR) is 344 cm³/mol. The first kappa shape index (κ1) is 61.3. The van der Waals surface area contributed by atoms with Crippen LogP contribution in [0.25, 0.3) is 24.3 Å². The van der Waals surface area contributed by atoms with Gasteiger partial charge >= 0.3 is 0 Å². The van der Waals surface area contributed by atoms with Crippen molar-refractivity contribution in [1.29, 1.82) is 0 Å². The van der Waals surface area contributed by atoms with E-state index in [1.54, 1.807) is 24.4 Å². The van der Waals surface area contributed by atoms with E-state index in [0.29, 0.717) is 28.7 Å². The van der Waals surface area contributed by atoms with Crippen molar-refractivity contribution >= 4 is 70.6 Å². The van der Waals surface area contributed by atoms with Gasteiger partial charge in [-0.25, -0.2) is 0 Å². The van der Waals surface area contributed by atoms with Gasteiger partial charge in [0.15, 0.2) is 5.78 Å². The maximum atomic E-state index is 12.7. The van der Waals surface area contributed by atoms with Gasteiger partial charge in [-0.1, -0.05) is 139 Å². The number of rotatable bonds is 17. The van der Waals surface area contributed by atoms with Gasteiger partial charge in [-0.05, 0) is 155 Å². The summed E-state index contributed by atoms with van der Waals surface area (Å²) in [4.78, 5) is 46.0. The second kappa shape index (κ2) is 31.1. The molecule has 5 heterocycles. The molecule has 10 rings (SSSR count). The lowest BCUT2D eigenvalue weighted by molar-refractivity contribution is -0.112. The Balaban J connectivity index is 0.000000165. The Bertz CT molecular complexity index is 3580. The molecular weight excluding hydrogens is 1060 g/mol. The number of nitrogens with zero attached hydrogens (tertiary/aromatic N) is 7. The van der Waals surface area contributed by atoms with Gasteiger partial charge in [0.25, 0.3) is 0 Å². The van der Waals surface area contributed by atoms with Gasteiger partial charge < -0.3 is 21.3 Å². The molecule has 2 fully saturated rings. The van der Waals surface area contributed by atoms with Crippen LogP contribution in [0, 0.1) is 33.6 Å². The summed E-state index contributed by atoms with van der Waals surface area (Å²) in [5, 5.41) is 15.4. The van der Waals surface area contributed by atoms with Crippen LogP contribution in [0.3, 0.4) is 0 Å². The number of anilines is 3. The molecule has 2 aliphatic rings. The van der Waals surface area contributed by atoms with Crippen LogP contribution in [0.15, 0.2) is 182 Å². The molecule has 432 valence electrons. The minimum absolute atomic E-state index is 0.0164.